The second-order valence-electron chi connectivity index (χ2n) is 3.93. The van der Waals surface area contributed by atoms with Crippen LogP contribution in [-0.4, -0.2) is 42.3 Å². The first kappa shape index (κ1) is 14.9. The molecule has 12 heteroatoms. The highest BCUT2D eigenvalue weighted by atomic mass is 32.1. The number of fused-ring (bicyclic) bond motifs is 1. The van der Waals surface area contributed by atoms with Gasteiger partial charge in [0.05, 0.1) is 13.2 Å². The molecule has 0 spiro atoms. The van der Waals surface area contributed by atoms with Crippen LogP contribution in [0.25, 0.3) is 11.2 Å². The van der Waals surface area contributed by atoms with Crippen LogP contribution in [0.1, 0.15) is 0 Å². The van der Waals surface area contributed by atoms with Crippen molar-refractivity contribution in [3.05, 3.63) is 15.1 Å². The number of rotatable bonds is 5. The van der Waals surface area contributed by atoms with E-state index in [2.05, 4.69) is 15.0 Å². The lowest BCUT2D eigenvalue weighted by molar-refractivity contribution is 0.149. The topological polar surface area (TPSA) is 159 Å². The number of ether oxygens (including phenoxy) is 1. The number of nitrogens with one attached hydrogen (secondary N) is 2. The summed E-state index contributed by atoms with van der Waals surface area (Å²) in [5, 5.41) is 0. The molecule has 2 aromatic rings. The van der Waals surface area contributed by atoms with E-state index in [-0.39, 0.29) is 35.0 Å². The lowest BCUT2D eigenvalue weighted by atomic mass is 10.5. The minimum Gasteiger partial charge on any atom is -0.369 e. The Balaban J connectivity index is 2.22. The molecule has 0 aliphatic heterocycles. The molecule has 20 heavy (non-hydrogen) atoms. The molecule has 0 aliphatic rings. The first-order chi connectivity index (χ1) is 9.28. The zero-order valence-corrected chi connectivity index (χ0v) is 11.8. The fraction of sp³-hybridized carbons (Fsp3) is 0.375. The fourth-order valence-electron chi connectivity index (χ4n) is 1.60. The maximum absolute atomic E-state index is 11.6. The van der Waals surface area contributed by atoms with Crippen molar-refractivity contribution in [1.29, 1.82) is 0 Å². The lowest BCUT2D eigenvalue weighted by Gasteiger charge is -2.06. The van der Waals surface area contributed by atoms with E-state index in [4.69, 9.17) is 32.5 Å². The van der Waals surface area contributed by atoms with Gasteiger partial charge in [0.25, 0.3) is 5.56 Å². The van der Waals surface area contributed by atoms with Gasteiger partial charge in [0.1, 0.15) is 6.35 Å². The molecule has 6 N–H and O–H groups in total. The van der Waals surface area contributed by atoms with Crippen molar-refractivity contribution in [3.8, 4) is 0 Å². The number of anilines is 1. The third-order valence-corrected chi connectivity index (χ3v) is 3.21. The minimum absolute atomic E-state index is 0.000748. The van der Waals surface area contributed by atoms with E-state index < -0.39 is 19.5 Å². The number of H-pyrrole nitrogens is 2. The van der Waals surface area contributed by atoms with Gasteiger partial charge in [0.15, 0.2) is 15.9 Å². The summed E-state index contributed by atoms with van der Waals surface area (Å²) in [6.07, 6.45) is -0.682. The zero-order valence-electron chi connectivity index (χ0n) is 10.1. The van der Waals surface area contributed by atoms with E-state index >= 15 is 0 Å². The van der Waals surface area contributed by atoms with Crippen molar-refractivity contribution < 1.29 is 19.1 Å². The average Bonchev–Trinajstić information content (AvgIpc) is 2.61. The molecule has 0 radical (unpaired) electrons. The first-order valence-corrected chi connectivity index (χ1v) is 7.59. The Morgan fingerprint density at radius 1 is 1.45 bits per heavy atom. The highest BCUT2D eigenvalue weighted by Gasteiger charge is 2.14. The summed E-state index contributed by atoms with van der Waals surface area (Å²) in [5.74, 6) is -0.0543. The Hall–Kier alpha value is -1.52. The average molecular weight is 321 g/mol. The number of nitrogens with zero attached hydrogens (tertiary/aromatic N) is 2. The zero-order chi connectivity index (χ0) is 14.9. The smallest absolute Gasteiger partial charge is 0.350 e. The summed E-state index contributed by atoms with van der Waals surface area (Å²) in [6, 6.07) is 0. The molecule has 0 saturated carbocycles. The summed E-state index contributed by atoms with van der Waals surface area (Å²) in [6.45, 7) is 0.176. The molecule has 10 nitrogen and oxygen atoms in total. The van der Waals surface area contributed by atoms with E-state index in [0.717, 1.165) is 0 Å². The third-order valence-electron chi connectivity index (χ3n) is 2.37. The number of hydrogen-bond donors (Lipinski definition) is 5. The molecule has 0 aromatic carbocycles. The van der Waals surface area contributed by atoms with Crippen molar-refractivity contribution in [2.45, 2.75) is 6.54 Å². The second-order valence-corrected chi connectivity index (χ2v) is 5.91. The van der Waals surface area contributed by atoms with Crippen LogP contribution >= 0.6 is 19.8 Å². The van der Waals surface area contributed by atoms with Gasteiger partial charge in [0, 0.05) is 0 Å². The molecule has 2 heterocycles. The molecule has 110 valence electrons. The van der Waals surface area contributed by atoms with Crippen LogP contribution in [0, 0.1) is 4.77 Å². The van der Waals surface area contributed by atoms with Gasteiger partial charge in [-0.25, -0.2) is 0 Å². The van der Waals surface area contributed by atoms with E-state index in [1.54, 1.807) is 0 Å². The van der Waals surface area contributed by atoms with Gasteiger partial charge in [0.2, 0.25) is 5.95 Å². The van der Waals surface area contributed by atoms with Crippen LogP contribution in [-0.2, 0) is 15.8 Å². The number of hydrogen-bond acceptors (Lipinski definition) is 6. The Morgan fingerprint density at radius 2 is 2.15 bits per heavy atom. The molecule has 2 rings (SSSR count). The Bertz CT molecular complexity index is 789. The lowest BCUT2D eigenvalue weighted by Crippen LogP contribution is -2.13. The minimum atomic E-state index is -4.20. The van der Waals surface area contributed by atoms with Crippen LogP contribution in [0.15, 0.2) is 4.79 Å². The summed E-state index contributed by atoms with van der Waals surface area (Å²) in [5.41, 5.74) is 5.44. The number of aromatic amines is 2. The molecule has 2 aromatic heterocycles. The molecule has 0 unspecified atom stereocenters. The summed E-state index contributed by atoms with van der Waals surface area (Å²) in [7, 11) is -4.20. The monoisotopic (exact) mass is 321 g/mol. The van der Waals surface area contributed by atoms with E-state index in [1.807, 2.05) is 0 Å². The van der Waals surface area contributed by atoms with Gasteiger partial charge in [-0.05, 0) is 12.2 Å². The maximum Gasteiger partial charge on any atom is 0.350 e. The highest BCUT2D eigenvalue weighted by Crippen LogP contribution is 2.33. The number of nitrogen functional groups attached to an aromatic ring is 1. The molecule has 0 aliphatic carbocycles. The maximum atomic E-state index is 11.6. The SMILES string of the molecule is Nc1nc2c([nH]c(=S)n2CCOCP(=O)(O)O)c(=O)[nH]1. The van der Waals surface area contributed by atoms with Gasteiger partial charge in [-0.2, -0.15) is 4.98 Å². The van der Waals surface area contributed by atoms with Crippen molar-refractivity contribution in [2.75, 3.05) is 18.7 Å². The second kappa shape index (κ2) is 5.46. The van der Waals surface area contributed by atoms with Gasteiger partial charge in [-0.3, -0.25) is 18.9 Å². The summed E-state index contributed by atoms with van der Waals surface area (Å²) < 4.78 is 17.2. The van der Waals surface area contributed by atoms with Crippen molar-refractivity contribution >= 4 is 36.9 Å². The predicted octanol–water partition coefficient (Wildman–Crippen LogP) is -0.484. The number of aromatic nitrogens is 4. The molecule has 0 saturated heterocycles. The van der Waals surface area contributed by atoms with Gasteiger partial charge in [-0.1, -0.05) is 0 Å². The van der Waals surface area contributed by atoms with Crippen molar-refractivity contribution in [1.82, 2.24) is 19.5 Å². The van der Waals surface area contributed by atoms with Crippen molar-refractivity contribution in [3.63, 3.8) is 0 Å². The quantitative estimate of drug-likeness (QED) is 0.280. The Morgan fingerprint density at radius 3 is 2.80 bits per heavy atom. The van der Waals surface area contributed by atoms with Crippen LogP contribution in [0.5, 0.6) is 0 Å². The third kappa shape index (κ3) is 3.32. The molecule has 0 atom stereocenters. The predicted molar refractivity (Wildman–Crippen MR) is 72.8 cm³/mol. The fourth-order valence-corrected chi connectivity index (χ4v) is 2.25. The van der Waals surface area contributed by atoms with Gasteiger partial charge < -0.3 is 25.2 Å². The summed E-state index contributed by atoms with van der Waals surface area (Å²) >= 11 is 5.04. The Labute approximate surface area is 116 Å². The van der Waals surface area contributed by atoms with E-state index in [0.29, 0.717) is 0 Å². The van der Waals surface area contributed by atoms with E-state index in [9.17, 15) is 9.36 Å². The molecule has 0 fully saturated rings. The van der Waals surface area contributed by atoms with Gasteiger partial charge >= 0.3 is 7.60 Å². The largest absolute Gasteiger partial charge is 0.369 e. The van der Waals surface area contributed by atoms with Crippen LogP contribution in [0.2, 0.25) is 0 Å². The van der Waals surface area contributed by atoms with Crippen LogP contribution in [0.4, 0.5) is 5.95 Å². The molecule has 0 bridgehead atoms. The molecule has 0 amide bonds. The highest BCUT2D eigenvalue weighted by molar-refractivity contribution is 7.71. The first-order valence-electron chi connectivity index (χ1n) is 5.38. The van der Waals surface area contributed by atoms with E-state index in [1.165, 1.54) is 4.57 Å². The van der Waals surface area contributed by atoms with Gasteiger partial charge in [-0.15, -0.1) is 0 Å². The molecular weight excluding hydrogens is 309 g/mol. The number of nitrogens with two attached hydrogens (primary N) is 1. The van der Waals surface area contributed by atoms with Crippen molar-refractivity contribution in [2.24, 2.45) is 0 Å². The van der Waals surface area contributed by atoms with Crippen LogP contribution in [0.3, 0.4) is 0 Å². The standard InChI is InChI=1S/C8H12N5O5PS/c9-7-11-5-4(6(14)12-7)10-8(20)13(5)1-2-18-3-19(15,16)17/h1-3H2,(H,10,20)(H2,15,16,17)(H3,9,11,12,14). The summed E-state index contributed by atoms with van der Waals surface area (Å²) in [4.78, 5) is 37.9. The Kier molecular flexibility index (Phi) is 4.06. The molecular formula is C8H12N5O5PS. The number of imidazole rings is 1. The van der Waals surface area contributed by atoms with Crippen LogP contribution < -0.4 is 11.3 Å². The normalized spacial score (nSPS) is 12.1.